The Bertz CT molecular complexity index is 767. The fraction of sp³-hybridized carbons (Fsp3) is 0.250. The summed E-state index contributed by atoms with van der Waals surface area (Å²) >= 11 is 0. The van der Waals surface area contributed by atoms with Gasteiger partial charge in [-0.3, -0.25) is 4.31 Å². The Morgan fingerprint density at radius 2 is 1.86 bits per heavy atom. The van der Waals surface area contributed by atoms with Crippen LogP contribution in [0.25, 0.3) is 0 Å². The number of hydrogen-bond acceptors (Lipinski definition) is 3. The molecule has 21 heavy (non-hydrogen) atoms. The van der Waals surface area contributed by atoms with E-state index in [-0.39, 0.29) is 0 Å². The monoisotopic (exact) mass is 302 g/mol. The lowest BCUT2D eigenvalue weighted by Crippen LogP contribution is -2.29. The average molecular weight is 302 g/mol. The number of fused-ring (bicyclic) bond motifs is 1. The van der Waals surface area contributed by atoms with Gasteiger partial charge in [-0.25, -0.2) is 8.42 Å². The summed E-state index contributed by atoms with van der Waals surface area (Å²) < 4.78 is 27.0. The first-order valence-electron chi connectivity index (χ1n) is 7.02. The summed E-state index contributed by atoms with van der Waals surface area (Å²) in [5.41, 5.74) is 9.23. The van der Waals surface area contributed by atoms with Crippen LogP contribution in [0.3, 0.4) is 0 Å². The van der Waals surface area contributed by atoms with E-state index in [2.05, 4.69) is 0 Å². The van der Waals surface area contributed by atoms with Gasteiger partial charge in [-0.15, -0.1) is 0 Å². The Hall–Kier alpha value is -2.01. The third-order valence-electron chi connectivity index (χ3n) is 3.88. The lowest BCUT2D eigenvalue weighted by atomic mass is 10.1. The maximum atomic E-state index is 12.8. The van der Waals surface area contributed by atoms with E-state index in [4.69, 9.17) is 5.73 Å². The van der Waals surface area contributed by atoms with Gasteiger partial charge >= 0.3 is 0 Å². The van der Waals surface area contributed by atoms with Crippen molar-refractivity contribution >= 4 is 21.4 Å². The van der Waals surface area contributed by atoms with Crippen molar-refractivity contribution in [1.82, 2.24) is 0 Å². The van der Waals surface area contributed by atoms with Crippen LogP contribution in [0.15, 0.2) is 47.4 Å². The molecule has 2 aromatic carbocycles. The van der Waals surface area contributed by atoms with Crippen molar-refractivity contribution in [3.05, 3.63) is 53.6 Å². The SMILES string of the molecule is CCc1ccc(S(=O)(=O)N2CCc3ccc(N)cc32)cc1. The molecule has 0 saturated heterocycles. The van der Waals surface area contributed by atoms with Gasteiger partial charge in [0.25, 0.3) is 10.0 Å². The fourth-order valence-electron chi connectivity index (χ4n) is 2.64. The maximum absolute atomic E-state index is 12.8. The molecule has 0 atom stereocenters. The summed E-state index contributed by atoms with van der Waals surface area (Å²) in [6.07, 6.45) is 1.62. The predicted molar refractivity (Wildman–Crippen MR) is 84.9 cm³/mol. The van der Waals surface area contributed by atoms with Crippen LogP contribution in [0.4, 0.5) is 11.4 Å². The molecule has 4 nitrogen and oxygen atoms in total. The van der Waals surface area contributed by atoms with E-state index in [0.717, 1.165) is 24.0 Å². The zero-order valence-electron chi connectivity index (χ0n) is 11.9. The van der Waals surface area contributed by atoms with Crippen molar-refractivity contribution in [3.63, 3.8) is 0 Å². The van der Waals surface area contributed by atoms with E-state index in [0.29, 0.717) is 22.8 Å². The summed E-state index contributed by atoms with van der Waals surface area (Å²) in [7, 11) is -3.52. The number of nitrogen functional groups attached to an aromatic ring is 1. The van der Waals surface area contributed by atoms with Gasteiger partial charge in [0, 0.05) is 12.2 Å². The molecule has 0 bridgehead atoms. The minimum absolute atomic E-state index is 0.329. The fourth-order valence-corrected chi connectivity index (χ4v) is 4.14. The van der Waals surface area contributed by atoms with Crippen molar-refractivity contribution in [2.45, 2.75) is 24.7 Å². The van der Waals surface area contributed by atoms with Crippen molar-refractivity contribution in [2.24, 2.45) is 0 Å². The molecule has 2 N–H and O–H groups in total. The van der Waals surface area contributed by atoms with E-state index in [1.807, 2.05) is 31.2 Å². The summed E-state index contributed by atoms with van der Waals surface area (Å²) in [5.74, 6) is 0. The molecule has 0 fully saturated rings. The van der Waals surface area contributed by atoms with Crippen LogP contribution in [-0.4, -0.2) is 15.0 Å². The average Bonchev–Trinajstić information content (AvgIpc) is 2.91. The molecular formula is C16H18N2O2S. The van der Waals surface area contributed by atoms with Crippen LogP contribution in [0.5, 0.6) is 0 Å². The van der Waals surface area contributed by atoms with Crippen molar-refractivity contribution < 1.29 is 8.42 Å². The molecule has 0 aliphatic carbocycles. The number of rotatable bonds is 3. The number of aryl methyl sites for hydroxylation is 1. The summed E-state index contributed by atoms with van der Waals surface area (Å²) in [6.45, 7) is 2.51. The molecule has 0 radical (unpaired) electrons. The first kappa shape index (κ1) is 13.9. The molecule has 110 valence electrons. The quantitative estimate of drug-likeness (QED) is 0.886. The molecular weight excluding hydrogens is 284 g/mol. The van der Waals surface area contributed by atoms with Gasteiger partial charge in [0.2, 0.25) is 0 Å². The molecule has 1 aliphatic heterocycles. The van der Waals surface area contributed by atoms with Gasteiger partial charge in [-0.05, 0) is 48.2 Å². The minimum atomic E-state index is -3.52. The number of benzene rings is 2. The third-order valence-corrected chi connectivity index (χ3v) is 5.71. The van der Waals surface area contributed by atoms with Crippen molar-refractivity contribution in [3.8, 4) is 0 Å². The number of hydrogen-bond donors (Lipinski definition) is 1. The first-order chi connectivity index (χ1) is 10.0. The Balaban J connectivity index is 2.02. The second-order valence-electron chi connectivity index (χ2n) is 5.21. The normalized spacial score (nSPS) is 14.2. The zero-order valence-corrected chi connectivity index (χ0v) is 12.7. The smallest absolute Gasteiger partial charge is 0.264 e. The Morgan fingerprint density at radius 3 is 2.52 bits per heavy atom. The lowest BCUT2D eigenvalue weighted by molar-refractivity contribution is 0.592. The molecule has 0 saturated carbocycles. The highest BCUT2D eigenvalue weighted by molar-refractivity contribution is 7.92. The molecule has 1 heterocycles. The summed E-state index contributed by atoms with van der Waals surface area (Å²) in [4.78, 5) is 0.329. The number of sulfonamides is 1. The molecule has 0 spiro atoms. The first-order valence-corrected chi connectivity index (χ1v) is 8.46. The highest BCUT2D eigenvalue weighted by atomic mass is 32.2. The van der Waals surface area contributed by atoms with Crippen molar-refractivity contribution in [1.29, 1.82) is 0 Å². The minimum Gasteiger partial charge on any atom is -0.399 e. The molecule has 0 aromatic heterocycles. The van der Waals surface area contributed by atoms with Crippen molar-refractivity contribution in [2.75, 3.05) is 16.6 Å². The summed E-state index contributed by atoms with van der Waals surface area (Å²) in [6, 6.07) is 12.5. The molecule has 0 unspecified atom stereocenters. The maximum Gasteiger partial charge on any atom is 0.264 e. The third kappa shape index (κ3) is 2.38. The van der Waals surface area contributed by atoms with Gasteiger partial charge in [0.15, 0.2) is 0 Å². The van der Waals surface area contributed by atoms with E-state index in [1.165, 1.54) is 4.31 Å². The Kier molecular flexibility index (Phi) is 3.37. The van der Waals surface area contributed by atoms with Gasteiger partial charge in [0.05, 0.1) is 10.6 Å². The predicted octanol–water partition coefficient (Wildman–Crippen LogP) is 2.58. The van der Waals surface area contributed by atoms with Crippen LogP contribution in [0.2, 0.25) is 0 Å². The van der Waals surface area contributed by atoms with Crippen LogP contribution in [0, 0.1) is 0 Å². The number of anilines is 2. The topological polar surface area (TPSA) is 63.4 Å². The largest absolute Gasteiger partial charge is 0.399 e. The van der Waals surface area contributed by atoms with Crippen LogP contribution >= 0.6 is 0 Å². The van der Waals surface area contributed by atoms with Gasteiger partial charge in [-0.1, -0.05) is 25.1 Å². The summed E-state index contributed by atoms with van der Waals surface area (Å²) in [5, 5.41) is 0. The molecule has 3 rings (SSSR count). The van der Waals surface area contributed by atoms with Crippen LogP contribution in [0.1, 0.15) is 18.1 Å². The highest BCUT2D eigenvalue weighted by Gasteiger charge is 2.30. The van der Waals surface area contributed by atoms with E-state index < -0.39 is 10.0 Å². The number of nitrogens with two attached hydrogens (primary N) is 1. The lowest BCUT2D eigenvalue weighted by Gasteiger charge is -2.20. The van der Waals surface area contributed by atoms with Crippen LogP contribution in [-0.2, 0) is 22.9 Å². The Morgan fingerprint density at radius 1 is 1.14 bits per heavy atom. The molecule has 1 aliphatic rings. The highest BCUT2D eigenvalue weighted by Crippen LogP contribution is 2.34. The van der Waals surface area contributed by atoms with Gasteiger partial charge in [0.1, 0.15) is 0 Å². The second kappa shape index (κ2) is 5.07. The molecule has 0 amide bonds. The molecule has 5 heteroatoms. The van der Waals surface area contributed by atoms with Crippen LogP contribution < -0.4 is 10.0 Å². The molecule has 2 aromatic rings. The standard InChI is InChI=1S/C16H18N2O2S/c1-2-12-3-7-15(8-4-12)21(19,20)18-10-9-13-5-6-14(17)11-16(13)18/h3-8,11H,2,9-10,17H2,1H3. The van der Waals surface area contributed by atoms with E-state index >= 15 is 0 Å². The van der Waals surface area contributed by atoms with E-state index in [1.54, 1.807) is 18.2 Å². The van der Waals surface area contributed by atoms with E-state index in [9.17, 15) is 8.42 Å². The second-order valence-corrected chi connectivity index (χ2v) is 7.08. The zero-order chi connectivity index (χ0) is 15.0. The number of nitrogens with zero attached hydrogens (tertiary/aromatic N) is 1. The Labute approximate surface area is 125 Å². The van der Waals surface area contributed by atoms with Gasteiger partial charge in [-0.2, -0.15) is 0 Å². The van der Waals surface area contributed by atoms with Gasteiger partial charge < -0.3 is 5.73 Å².